The van der Waals surface area contributed by atoms with Crippen LogP contribution in [0, 0.1) is 5.82 Å². The van der Waals surface area contributed by atoms with Gasteiger partial charge in [-0.3, -0.25) is 4.99 Å². The van der Waals surface area contributed by atoms with Crippen LogP contribution in [-0.2, 0) is 0 Å². The number of nitrogens with zero attached hydrogens (tertiary/aromatic N) is 1. The number of aliphatic imine (C=N–C) groups is 1. The molecule has 1 nitrogen and oxygen atoms in total. The topological polar surface area (TPSA) is 12.4 Å². The number of rotatable bonds is 1. The van der Waals surface area contributed by atoms with E-state index in [1.807, 2.05) is 32.1 Å². The Kier molecular flexibility index (Phi) is 2.93. The molecule has 2 aromatic carbocycles. The average molecular weight is 298 g/mol. The summed E-state index contributed by atoms with van der Waals surface area (Å²) < 4.78 is 13.7. The minimum absolute atomic E-state index is 0.174. The Hall–Kier alpha value is -1.61. The van der Waals surface area contributed by atoms with Crippen LogP contribution in [0.2, 0.25) is 5.02 Å². The van der Waals surface area contributed by atoms with E-state index >= 15 is 0 Å². The molecule has 0 amide bonds. The normalized spacial score (nSPS) is 22.9. The van der Waals surface area contributed by atoms with Crippen molar-refractivity contribution < 1.29 is 4.39 Å². The molecule has 4 rings (SSSR count). The fourth-order valence-electron chi connectivity index (χ4n) is 3.68. The molecule has 4 heteroatoms. The van der Waals surface area contributed by atoms with Gasteiger partial charge in [-0.05, 0) is 42.0 Å². The molecular formula is C17H14BClFN. The first-order chi connectivity index (χ1) is 10.1. The smallest absolute Gasteiger partial charge is 0.143 e. The monoisotopic (exact) mass is 297 g/mol. The van der Waals surface area contributed by atoms with Gasteiger partial charge in [0.15, 0.2) is 0 Å². The maximum atomic E-state index is 13.7. The molecule has 2 aromatic rings. The van der Waals surface area contributed by atoms with Crippen LogP contribution in [0.25, 0.3) is 0 Å². The summed E-state index contributed by atoms with van der Waals surface area (Å²) in [5, 5.41) is 0.816. The minimum Gasteiger partial charge on any atom is -0.257 e. The van der Waals surface area contributed by atoms with Crippen molar-refractivity contribution >= 4 is 36.3 Å². The van der Waals surface area contributed by atoms with Crippen molar-refractivity contribution in [3.05, 3.63) is 58.4 Å². The van der Waals surface area contributed by atoms with Gasteiger partial charge in [0.05, 0.1) is 5.69 Å². The number of fused-ring (bicyclic) bond motifs is 3. The molecule has 1 fully saturated rings. The molecule has 0 saturated heterocycles. The van der Waals surface area contributed by atoms with Crippen molar-refractivity contribution in [1.29, 1.82) is 0 Å². The Labute approximate surface area is 129 Å². The fraction of sp³-hybridized carbons (Fsp3) is 0.235. The zero-order valence-corrected chi connectivity index (χ0v) is 12.5. The van der Waals surface area contributed by atoms with Gasteiger partial charge in [-0.25, -0.2) is 4.39 Å². The summed E-state index contributed by atoms with van der Waals surface area (Å²) in [4.78, 5) is 4.65. The van der Waals surface area contributed by atoms with Crippen LogP contribution in [-0.4, -0.2) is 13.6 Å². The highest BCUT2D eigenvalue weighted by Gasteiger charge is 2.40. The third kappa shape index (κ3) is 1.95. The largest absolute Gasteiger partial charge is 0.257 e. The van der Waals surface area contributed by atoms with Crippen LogP contribution < -0.4 is 5.46 Å². The summed E-state index contributed by atoms with van der Waals surface area (Å²) in [6, 6.07) is 11.6. The van der Waals surface area contributed by atoms with Crippen molar-refractivity contribution in [3.63, 3.8) is 0 Å². The lowest BCUT2D eigenvalue weighted by Gasteiger charge is -2.20. The van der Waals surface area contributed by atoms with Crippen LogP contribution in [0.5, 0.6) is 0 Å². The average Bonchev–Trinajstić information content (AvgIpc) is 3.00. The zero-order chi connectivity index (χ0) is 14.6. The Bertz CT molecular complexity index is 771. The predicted octanol–water partition coefficient (Wildman–Crippen LogP) is 3.48. The van der Waals surface area contributed by atoms with Gasteiger partial charge in [-0.2, -0.15) is 0 Å². The van der Waals surface area contributed by atoms with E-state index < -0.39 is 0 Å². The van der Waals surface area contributed by atoms with Crippen molar-refractivity contribution in [3.8, 4) is 0 Å². The molecule has 0 N–H and O–H groups in total. The molecule has 0 spiro atoms. The van der Waals surface area contributed by atoms with Crippen LogP contribution in [0.3, 0.4) is 0 Å². The van der Waals surface area contributed by atoms with E-state index in [9.17, 15) is 4.39 Å². The van der Waals surface area contributed by atoms with E-state index in [1.165, 1.54) is 11.3 Å². The first-order valence-corrected chi connectivity index (χ1v) is 7.65. The highest BCUT2D eigenvalue weighted by molar-refractivity contribution is 6.33. The van der Waals surface area contributed by atoms with Gasteiger partial charge < -0.3 is 0 Å². The Morgan fingerprint density at radius 1 is 1.19 bits per heavy atom. The zero-order valence-electron chi connectivity index (χ0n) is 11.7. The molecule has 1 saturated carbocycles. The van der Waals surface area contributed by atoms with E-state index in [4.69, 9.17) is 11.6 Å². The standard InChI is InChI=1S/C17H14BClFN/c18-12-7-11-16(8-14(12)20)21-15-6-5-10(17(11)15)9-3-1-2-4-13(9)19/h1-4,7-8,10,17H,5-6,18H2. The van der Waals surface area contributed by atoms with Crippen LogP contribution in [0.15, 0.2) is 41.4 Å². The summed E-state index contributed by atoms with van der Waals surface area (Å²) in [6.45, 7) is 0. The first kappa shape index (κ1) is 13.1. The number of benzene rings is 2. The van der Waals surface area contributed by atoms with Crippen LogP contribution >= 0.6 is 11.6 Å². The second-order valence-electron chi connectivity index (χ2n) is 5.91. The fourth-order valence-corrected chi connectivity index (χ4v) is 3.96. The summed E-state index contributed by atoms with van der Waals surface area (Å²) in [6.07, 6.45) is 2.03. The maximum absolute atomic E-state index is 13.7. The van der Waals surface area contributed by atoms with Gasteiger partial charge in [0, 0.05) is 16.7 Å². The molecule has 2 unspecified atom stereocenters. The SMILES string of the molecule is Bc1cc2c(cc1F)N=C1CCC(c3ccccc3Cl)C12. The molecule has 1 aliphatic heterocycles. The molecule has 2 atom stereocenters. The van der Waals surface area contributed by atoms with Gasteiger partial charge in [-0.1, -0.05) is 41.3 Å². The van der Waals surface area contributed by atoms with Crippen molar-refractivity contribution in [2.24, 2.45) is 4.99 Å². The highest BCUT2D eigenvalue weighted by Crippen LogP contribution is 2.52. The van der Waals surface area contributed by atoms with E-state index in [-0.39, 0.29) is 11.7 Å². The Morgan fingerprint density at radius 3 is 2.81 bits per heavy atom. The molecule has 1 aliphatic carbocycles. The Morgan fingerprint density at radius 2 is 2.00 bits per heavy atom. The first-order valence-electron chi connectivity index (χ1n) is 7.27. The van der Waals surface area contributed by atoms with Crippen molar-refractivity contribution in [1.82, 2.24) is 0 Å². The molecule has 104 valence electrons. The molecule has 2 aliphatic rings. The van der Waals surface area contributed by atoms with Crippen LogP contribution in [0.1, 0.15) is 35.8 Å². The van der Waals surface area contributed by atoms with E-state index in [0.717, 1.165) is 29.1 Å². The third-order valence-corrected chi connectivity index (χ3v) is 5.03. The van der Waals surface area contributed by atoms with Crippen molar-refractivity contribution in [2.45, 2.75) is 24.7 Å². The molecule has 21 heavy (non-hydrogen) atoms. The third-order valence-electron chi connectivity index (χ3n) is 4.68. The summed E-state index contributed by atoms with van der Waals surface area (Å²) >= 11 is 6.38. The molecule has 0 bridgehead atoms. The highest BCUT2D eigenvalue weighted by atomic mass is 35.5. The summed E-state index contributed by atoms with van der Waals surface area (Å²) in [5.41, 5.74) is 5.01. The van der Waals surface area contributed by atoms with Crippen molar-refractivity contribution in [2.75, 3.05) is 0 Å². The van der Waals surface area contributed by atoms with E-state index in [0.29, 0.717) is 11.4 Å². The van der Waals surface area contributed by atoms with E-state index in [1.54, 1.807) is 6.07 Å². The second-order valence-corrected chi connectivity index (χ2v) is 6.31. The summed E-state index contributed by atoms with van der Waals surface area (Å²) in [7, 11) is 1.81. The predicted molar refractivity (Wildman–Crippen MR) is 87.8 cm³/mol. The number of halogens is 2. The molecule has 0 radical (unpaired) electrons. The molecule has 0 aromatic heterocycles. The van der Waals surface area contributed by atoms with Crippen LogP contribution in [0.4, 0.5) is 10.1 Å². The van der Waals surface area contributed by atoms with Gasteiger partial charge in [0.25, 0.3) is 0 Å². The van der Waals surface area contributed by atoms with Gasteiger partial charge in [-0.15, -0.1) is 0 Å². The van der Waals surface area contributed by atoms with E-state index in [2.05, 4.69) is 11.1 Å². The van der Waals surface area contributed by atoms with Gasteiger partial charge in [0.1, 0.15) is 13.7 Å². The van der Waals surface area contributed by atoms with Gasteiger partial charge >= 0.3 is 0 Å². The van der Waals surface area contributed by atoms with Gasteiger partial charge in [0.2, 0.25) is 0 Å². The lowest BCUT2D eigenvalue weighted by molar-refractivity contribution is 0.633. The quantitative estimate of drug-likeness (QED) is 0.715. The molecular weight excluding hydrogens is 283 g/mol. The number of hydrogen-bond acceptors (Lipinski definition) is 1. The Balaban J connectivity index is 1.83. The molecule has 1 heterocycles. The lowest BCUT2D eigenvalue weighted by Crippen LogP contribution is -2.13. The lowest BCUT2D eigenvalue weighted by atomic mass is 9.81. The number of hydrogen-bond donors (Lipinski definition) is 0. The second kappa shape index (κ2) is 4.70. The maximum Gasteiger partial charge on any atom is 0.143 e. The summed E-state index contributed by atoms with van der Waals surface area (Å²) in [5.74, 6) is 0.440. The minimum atomic E-state index is -0.174.